The molecule has 0 heterocycles. The van der Waals surface area contributed by atoms with Crippen LogP contribution in [-0.4, -0.2) is 25.5 Å². The van der Waals surface area contributed by atoms with Gasteiger partial charge in [-0.2, -0.15) is 0 Å². The molecule has 1 N–H and O–H groups in total. The van der Waals surface area contributed by atoms with Crippen molar-refractivity contribution in [1.82, 2.24) is 0 Å². The first-order valence-electron chi connectivity index (χ1n) is 4.83. The molecule has 3 nitrogen and oxygen atoms in total. The SMILES string of the molecule is Cc1cc(C(O)CS(C)(=O)=O)c(C)cc1Cl. The molecule has 0 aromatic heterocycles. The highest BCUT2D eigenvalue weighted by Crippen LogP contribution is 2.25. The molecule has 1 aromatic carbocycles. The van der Waals surface area contributed by atoms with Crippen molar-refractivity contribution in [2.24, 2.45) is 0 Å². The van der Waals surface area contributed by atoms with E-state index in [0.717, 1.165) is 17.4 Å². The van der Waals surface area contributed by atoms with Gasteiger partial charge in [0.15, 0.2) is 0 Å². The molecule has 0 aliphatic heterocycles. The number of aliphatic hydroxyl groups excluding tert-OH is 1. The van der Waals surface area contributed by atoms with Crippen molar-refractivity contribution in [3.63, 3.8) is 0 Å². The molecule has 90 valence electrons. The van der Waals surface area contributed by atoms with Crippen molar-refractivity contribution < 1.29 is 13.5 Å². The van der Waals surface area contributed by atoms with Crippen molar-refractivity contribution in [2.45, 2.75) is 20.0 Å². The third kappa shape index (κ3) is 3.47. The molecule has 1 unspecified atom stereocenters. The summed E-state index contributed by atoms with van der Waals surface area (Å²) in [6.07, 6.45) is 0.111. The summed E-state index contributed by atoms with van der Waals surface area (Å²) in [5.41, 5.74) is 2.24. The van der Waals surface area contributed by atoms with Crippen LogP contribution in [0.1, 0.15) is 22.8 Å². The van der Waals surface area contributed by atoms with Crippen molar-refractivity contribution in [3.05, 3.63) is 33.8 Å². The fourth-order valence-electron chi connectivity index (χ4n) is 1.54. The highest BCUT2D eigenvalue weighted by Gasteiger charge is 2.17. The van der Waals surface area contributed by atoms with E-state index in [2.05, 4.69) is 0 Å². The summed E-state index contributed by atoms with van der Waals surface area (Å²) in [7, 11) is -3.19. The molecule has 1 rings (SSSR count). The predicted molar refractivity (Wildman–Crippen MR) is 65.6 cm³/mol. The summed E-state index contributed by atoms with van der Waals surface area (Å²) in [5, 5.41) is 10.4. The van der Waals surface area contributed by atoms with Crippen LogP contribution < -0.4 is 0 Å². The number of halogens is 1. The van der Waals surface area contributed by atoms with Crippen LogP contribution in [0.2, 0.25) is 5.02 Å². The summed E-state index contributed by atoms with van der Waals surface area (Å²) in [5.74, 6) is -0.269. The zero-order valence-electron chi connectivity index (χ0n) is 9.49. The Morgan fingerprint density at radius 3 is 2.38 bits per heavy atom. The Hall–Kier alpha value is -0.580. The Balaban J connectivity index is 3.09. The van der Waals surface area contributed by atoms with E-state index in [1.54, 1.807) is 19.1 Å². The number of rotatable bonds is 3. The van der Waals surface area contributed by atoms with Crippen LogP contribution in [0.4, 0.5) is 0 Å². The van der Waals surface area contributed by atoms with E-state index in [1.807, 2.05) is 6.92 Å². The predicted octanol–water partition coefficient (Wildman–Crippen LogP) is 2.03. The van der Waals surface area contributed by atoms with Gasteiger partial charge in [-0.15, -0.1) is 0 Å². The molecule has 1 atom stereocenters. The molecule has 16 heavy (non-hydrogen) atoms. The normalized spacial score (nSPS) is 13.8. The maximum absolute atomic E-state index is 11.1. The fraction of sp³-hybridized carbons (Fsp3) is 0.455. The standard InChI is InChI=1S/C11H15ClO3S/c1-7-5-10(12)8(2)4-9(7)11(13)6-16(3,14)15/h4-5,11,13H,6H2,1-3H3. The van der Waals surface area contributed by atoms with Crippen LogP contribution in [0.15, 0.2) is 12.1 Å². The molecular formula is C11H15ClO3S. The lowest BCUT2D eigenvalue weighted by Gasteiger charge is -2.14. The van der Waals surface area contributed by atoms with Crippen LogP contribution in [0.25, 0.3) is 0 Å². The minimum atomic E-state index is -3.19. The molecule has 0 fully saturated rings. The van der Waals surface area contributed by atoms with E-state index in [1.165, 1.54) is 0 Å². The number of aliphatic hydroxyl groups is 1. The molecule has 0 aliphatic carbocycles. The smallest absolute Gasteiger partial charge is 0.150 e. The van der Waals surface area contributed by atoms with E-state index in [-0.39, 0.29) is 5.75 Å². The Morgan fingerprint density at radius 2 is 1.88 bits per heavy atom. The Kier molecular flexibility index (Phi) is 3.99. The van der Waals surface area contributed by atoms with E-state index >= 15 is 0 Å². The van der Waals surface area contributed by atoms with Gasteiger partial charge < -0.3 is 5.11 Å². The van der Waals surface area contributed by atoms with Gasteiger partial charge in [-0.25, -0.2) is 8.42 Å². The fourth-order valence-corrected chi connectivity index (χ4v) is 2.51. The van der Waals surface area contributed by atoms with Gasteiger partial charge in [-0.05, 0) is 36.6 Å². The number of hydrogen-bond acceptors (Lipinski definition) is 3. The second kappa shape index (κ2) is 4.73. The van der Waals surface area contributed by atoms with Gasteiger partial charge in [-0.1, -0.05) is 17.7 Å². The number of aryl methyl sites for hydroxylation is 2. The number of sulfone groups is 1. The zero-order chi connectivity index (χ0) is 12.5. The van der Waals surface area contributed by atoms with Crippen LogP contribution in [0, 0.1) is 13.8 Å². The third-order valence-corrected chi connectivity index (χ3v) is 3.70. The Labute approximate surface area is 101 Å². The topological polar surface area (TPSA) is 54.4 Å². The highest BCUT2D eigenvalue weighted by molar-refractivity contribution is 7.90. The van der Waals surface area contributed by atoms with E-state index in [4.69, 9.17) is 11.6 Å². The molecule has 0 spiro atoms. The van der Waals surface area contributed by atoms with Gasteiger partial charge in [0.1, 0.15) is 9.84 Å². The summed E-state index contributed by atoms with van der Waals surface area (Å²) < 4.78 is 22.2. The summed E-state index contributed by atoms with van der Waals surface area (Å²) in [4.78, 5) is 0. The first-order valence-corrected chi connectivity index (χ1v) is 7.27. The van der Waals surface area contributed by atoms with Crippen LogP contribution in [0.5, 0.6) is 0 Å². The second-order valence-electron chi connectivity index (χ2n) is 4.07. The quantitative estimate of drug-likeness (QED) is 0.907. The minimum Gasteiger partial charge on any atom is -0.387 e. The largest absolute Gasteiger partial charge is 0.387 e. The summed E-state index contributed by atoms with van der Waals surface area (Å²) in [6, 6.07) is 3.46. The van der Waals surface area contributed by atoms with Crippen molar-refractivity contribution in [1.29, 1.82) is 0 Å². The second-order valence-corrected chi connectivity index (χ2v) is 6.66. The first kappa shape index (κ1) is 13.5. The van der Waals surface area contributed by atoms with Crippen molar-refractivity contribution >= 4 is 21.4 Å². The van der Waals surface area contributed by atoms with Crippen LogP contribution >= 0.6 is 11.6 Å². The van der Waals surface area contributed by atoms with Gasteiger partial charge in [-0.3, -0.25) is 0 Å². The van der Waals surface area contributed by atoms with E-state index in [9.17, 15) is 13.5 Å². The maximum Gasteiger partial charge on any atom is 0.150 e. The summed E-state index contributed by atoms with van der Waals surface area (Å²) >= 11 is 5.92. The van der Waals surface area contributed by atoms with Crippen LogP contribution in [0.3, 0.4) is 0 Å². The third-order valence-electron chi connectivity index (χ3n) is 2.37. The Morgan fingerprint density at radius 1 is 1.31 bits per heavy atom. The van der Waals surface area contributed by atoms with Gasteiger partial charge in [0, 0.05) is 11.3 Å². The van der Waals surface area contributed by atoms with Gasteiger partial charge >= 0.3 is 0 Å². The molecule has 0 amide bonds. The van der Waals surface area contributed by atoms with Gasteiger partial charge in [0.2, 0.25) is 0 Å². The monoisotopic (exact) mass is 262 g/mol. The number of benzene rings is 1. The first-order chi connectivity index (χ1) is 7.20. The molecule has 5 heteroatoms. The molecule has 0 radical (unpaired) electrons. The molecule has 0 bridgehead atoms. The molecule has 0 aliphatic rings. The maximum atomic E-state index is 11.1. The molecule has 0 saturated carbocycles. The molecular weight excluding hydrogens is 248 g/mol. The lowest BCUT2D eigenvalue weighted by molar-refractivity contribution is 0.201. The van der Waals surface area contributed by atoms with E-state index < -0.39 is 15.9 Å². The number of hydrogen-bond donors (Lipinski definition) is 1. The highest BCUT2D eigenvalue weighted by atomic mass is 35.5. The summed E-state index contributed by atoms with van der Waals surface area (Å²) in [6.45, 7) is 3.62. The van der Waals surface area contributed by atoms with Crippen LogP contribution in [-0.2, 0) is 9.84 Å². The van der Waals surface area contributed by atoms with Gasteiger partial charge in [0.05, 0.1) is 11.9 Å². The lowest BCUT2D eigenvalue weighted by atomic mass is 10.0. The molecule has 0 saturated heterocycles. The molecule has 1 aromatic rings. The lowest BCUT2D eigenvalue weighted by Crippen LogP contribution is -2.14. The average Bonchev–Trinajstić information content (AvgIpc) is 2.08. The van der Waals surface area contributed by atoms with Crippen molar-refractivity contribution in [2.75, 3.05) is 12.0 Å². The van der Waals surface area contributed by atoms with Gasteiger partial charge in [0.25, 0.3) is 0 Å². The zero-order valence-corrected chi connectivity index (χ0v) is 11.1. The van der Waals surface area contributed by atoms with E-state index in [0.29, 0.717) is 10.6 Å². The minimum absolute atomic E-state index is 0.269. The van der Waals surface area contributed by atoms with Crippen molar-refractivity contribution in [3.8, 4) is 0 Å². The average molecular weight is 263 g/mol. The Bertz CT molecular complexity index is 494.